The molecule has 0 bridgehead atoms. The van der Waals surface area contributed by atoms with Crippen LogP contribution in [0, 0.1) is 0 Å². The van der Waals surface area contributed by atoms with Crippen molar-refractivity contribution in [3.63, 3.8) is 0 Å². The first-order chi connectivity index (χ1) is 13.2. The maximum Gasteiger partial charge on any atom is 0.328 e. The van der Waals surface area contributed by atoms with Crippen LogP contribution in [0.2, 0.25) is 0 Å². The van der Waals surface area contributed by atoms with E-state index in [1.54, 1.807) is 6.07 Å². The van der Waals surface area contributed by atoms with Gasteiger partial charge in [-0.05, 0) is 23.3 Å². The Morgan fingerprint density at radius 1 is 0.778 bits per heavy atom. The summed E-state index contributed by atoms with van der Waals surface area (Å²) in [5, 5.41) is 8.94. The lowest BCUT2D eigenvalue weighted by atomic mass is 10.1. The number of hydrogen-bond acceptors (Lipinski definition) is 3. The van der Waals surface area contributed by atoms with Crippen LogP contribution >= 0.6 is 0 Å². The largest absolute Gasteiger partial charge is 0.485 e. The maximum atomic E-state index is 10.9. The Morgan fingerprint density at radius 2 is 1.37 bits per heavy atom. The van der Waals surface area contributed by atoms with Gasteiger partial charge in [0.1, 0.15) is 13.2 Å². The van der Waals surface area contributed by atoms with Crippen molar-refractivity contribution in [2.75, 3.05) is 0 Å². The standard InChI is InChI=1S/C23H20O4/c24-22(25)15-14-20-12-7-13-21(26-16-18-8-3-1-4-9-18)23(20)27-17-19-10-5-2-6-11-19/h1-15H,16-17H2,(H,24,25). The summed E-state index contributed by atoms with van der Waals surface area (Å²) in [4.78, 5) is 10.9. The van der Waals surface area contributed by atoms with Crippen LogP contribution in [0.4, 0.5) is 0 Å². The SMILES string of the molecule is O=C(O)C=Cc1cccc(OCc2ccccc2)c1OCc1ccccc1. The zero-order chi connectivity index (χ0) is 18.9. The first kappa shape index (κ1) is 18.3. The minimum atomic E-state index is -1.01. The quantitative estimate of drug-likeness (QED) is 0.578. The molecule has 4 heteroatoms. The lowest BCUT2D eigenvalue weighted by Gasteiger charge is -2.15. The van der Waals surface area contributed by atoms with Gasteiger partial charge in [-0.2, -0.15) is 0 Å². The van der Waals surface area contributed by atoms with Crippen molar-refractivity contribution in [1.82, 2.24) is 0 Å². The van der Waals surface area contributed by atoms with Crippen molar-refractivity contribution in [1.29, 1.82) is 0 Å². The molecule has 0 fully saturated rings. The molecule has 3 rings (SSSR count). The van der Waals surface area contributed by atoms with E-state index < -0.39 is 5.97 Å². The van der Waals surface area contributed by atoms with Gasteiger partial charge in [0, 0.05) is 11.6 Å². The highest BCUT2D eigenvalue weighted by molar-refractivity contribution is 5.86. The zero-order valence-electron chi connectivity index (χ0n) is 14.7. The third kappa shape index (κ3) is 5.47. The van der Waals surface area contributed by atoms with Crippen LogP contribution in [0.15, 0.2) is 84.9 Å². The van der Waals surface area contributed by atoms with Crippen LogP contribution in [-0.4, -0.2) is 11.1 Å². The lowest BCUT2D eigenvalue weighted by Crippen LogP contribution is -2.02. The molecule has 0 aromatic heterocycles. The smallest absolute Gasteiger partial charge is 0.328 e. The Labute approximate surface area is 158 Å². The number of carbonyl (C=O) groups is 1. The Hall–Kier alpha value is -3.53. The van der Waals surface area contributed by atoms with Crippen LogP contribution in [0.3, 0.4) is 0 Å². The number of benzene rings is 3. The Kier molecular flexibility index (Phi) is 6.26. The van der Waals surface area contributed by atoms with Gasteiger partial charge in [-0.25, -0.2) is 4.79 Å². The predicted molar refractivity (Wildman–Crippen MR) is 105 cm³/mol. The van der Waals surface area contributed by atoms with E-state index in [9.17, 15) is 4.79 Å². The van der Waals surface area contributed by atoms with Gasteiger partial charge in [0.2, 0.25) is 0 Å². The van der Waals surface area contributed by atoms with Crippen molar-refractivity contribution in [2.24, 2.45) is 0 Å². The number of aliphatic carboxylic acids is 1. The molecule has 0 heterocycles. The lowest BCUT2D eigenvalue weighted by molar-refractivity contribution is -0.131. The van der Waals surface area contributed by atoms with Gasteiger partial charge < -0.3 is 14.6 Å². The first-order valence-corrected chi connectivity index (χ1v) is 8.60. The Bertz CT molecular complexity index is 902. The van der Waals surface area contributed by atoms with E-state index in [1.165, 1.54) is 6.08 Å². The van der Waals surface area contributed by atoms with E-state index >= 15 is 0 Å². The van der Waals surface area contributed by atoms with Gasteiger partial charge in [0.15, 0.2) is 11.5 Å². The summed E-state index contributed by atoms with van der Waals surface area (Å²) in [5.41, 5.74) is 2.71. The monoisotopic (exact) mass is 360 g/mol. The van der Waals surface area contributed by atoms with E-state index in [4.69, 9.17) is 14.6 Å². The van der Waals surface area contributed by atoms with Gasteiger partial charge in [0.05, 0.1) is 0 Å². The van der Waals surface area contributed by atoms with E-state index in [0.29, 0.717) is 30.3 Å². The van der Waals surface area contributed by atoms with Gasteiger partial charge >= 0.3 is 5.97 Å². The van der Waals surface area contributed by atoms with E-state index in [1.807, 2.05) is 72.8 Å². The molecular weight excluding hydrogens is 340 g/mol. The second-order valence-corrected chi connectivity index (χ2v) is 5.89. The maximum absolute atomic E-state index is 10.9. The summed E-state index contributed by atoms with van der Waals surface area (Å²) >= 11 is 0. The molecule has 3 aromatic rings. The summed E-state index contributed by atoms with van der Waals surface area (Å²) < 4.78 is 12.0. The molecule has 136 valence electrons. The second kappa shape index (κ2) is 9.25. The van der Waals surface area contributed by atoms with Gasteiger partial charge in [-0.15, -0.1) is 0 Å². The van der Waals surface area contributed by atoms with Crippen molar-refractivity contribution in [3.8, 4) is 11.5 Å². The molecule has 0 radical (unpaired) electrons. The molecule has 0 aliphatic heterocycles. The van der Waals surface area contributed by atoms with Crippen LogP contribution < -0.4 is 9.47 Å². The minimum absolute atomic E-state index is 0.362. The number of rotatable bonds is 8. The van der Waals surface area contributed by atoms with E-state index in [-0.39, 0.29) is 0 Å². The number of carboxylic acids is 1. The number of ether oxygens (including phenoxy) is 2. The minimum Gasteiger partial charge on any atom is -0.485 e. The fourth-order valence-corrected chi connectivity index (χ4v) is 2.56. The zero-order valence-corrected chi connectivity index (χ0v) is 14.7. The van der Waals surface area contributed by atoms with Crippen molar-refractivity contribution in [2.45, 2.75) is 13.2 Å². The normalized spacial score (nSPS) is 10.7. The Morgan fingerprint density at radius 3 is 1.96 bits per heavy atom. The van der Waals surface area contributed by atoms with Gasteiger partial charge in [-0.1, -0.05) is 72.8 Å². The molecule has 3 aromatic carbocycles. The molecule has 0 saturated heterocycles. The average molecular weight is 360 g/mol. The van der Waals surface area contributed by atoms with Crippen LogP contribution in [0.5, 0.6) is 11.5 Å². The number of carboxylic acid groups (broad SMARTS) is 1. The first-order valence-electron chi connectivity index (χ1n) is 8.60. The highest BCUT2D eigenvalue weighted by Gasteiger charge is 2.11. The summed E-state index contributed by atoms with van der Waals surface area (Å²) in [6, 6.07) is 25.1. The average Bonchev–Trinajstić information content (AvgIpc) is 2.71. The summed E-state index contributed by atoms with van der Waals surface area (Å²) in [7, 11) is 0. The van der Waals surface area contributed by atoms with E-state index in [2.05, 4.69) is 0 Å². The molecule has 27 heavy (non-hydrogen) atoms. The fraction of sp³-hybridized carbons (Fsp3) is 0.0870. The molecule has 0 atom stereocenters. The molecular formula is C23H20O4. The molecule has 0 saturated carbocycles. The van der Waals surface area contributed by atoms with Gasteiger partial charge in [-0.3, -0.25) is 0 Å². The highest BCUT2D eigenvalue weighted by atomic mass is 16.5. The van der Waals surface area contributed by atoms with Crippen molar-refractivity contribution >= 4 is 12.0 Å². The topological polar surface area (TPSA) is 55.8 Å². The number of para-hydroxylation sites is 1. The Balaban J connectivity index is 1.84. The van der Waals surface area contributed by atoms with Crippen molar-refractivity contribution < 1.29 is 19.4 Å². The molecule has 0 spiro atoms. The molecule has 0 aliphatic rings. The summed E-state index contributed by atoms with van der Waals surface area (Å²) in [6.07, 6.45) is 2.60. The van der Waals surface area contributed by atoms with Crippen molar-refractivity contribution in [3.05, 3.63) is 102 Å². The van der Waals surface area contributed by atoms with Crippen LogP contribution in [-0.2, 0) is 18.0 Å². The predicted octanol–water partition coefficient (Wildman–Crippen LogP) is 4.94. The highest BCUT2D eigenvalue weighted by Crippen LogP contribution is 2.33. The third-order valence-electron chi connectivity index (χ3n) is 3.88. The van der Waals surface area contributed by atoms with Crippen LogP contribution in [0.1, 0.15) is 16.7 Å². The second-order valence-electron chi connectivity index (χ2n) is 5.89. The molecule has 0 aliphatic carbocycles. The third-order valence-corrected chi connectivity index (χ3v) is 3.88. The summed E-state index contributed by atoms with van der Waals surface area (Å²) in [5.74, 6) is 0.0803. The van der Waals surface area contributed by atoms with Gasteiger partial charge in [0.25, 0.3) is 0 Å². The molecule has 0 unspecified atom stereocenters. The van der Waals surface area contributed by atoms with Crippen LogP contribution in [0.25, 0.3) is 6.08 Å². The van der Waals surface area contributed by atoms with E-state index in [0.717, 1.165) is 17.2 Å². The number of hydrogen-bond donors (Lipinski definition) is 1. The fourth-order valence-electron chi connectivity index (χ4n) is 2.56. The summed E-state index contributed by atoms with van der Waals surface area (Å²) in [6.45, 7) is 0.759. The molecule has 1 N–H and O–H groups in total. The molecule has 0 amide bonds. The molecule has 4 nitrogen and oxygen atoms in total.